The number of hydrogen-bond donors (Lipinski definition) is 0. The predicted octanol–water partition coefficient (Wildman–Crippen LogP) is 2.30. The Morgan fingerprint density at radius 3 is 2.50 bits per heavy atom. The van der Waals surface area contributed by atoms with E-state index in [1.54, 1.807) is 7.11 Å². The fourth-order valence-electron chi connectivity index (χ4n) is 0.859. The Morgan fingerprint density at radius 1 is 1.17 bits per heavy atom. The Labute approximate surface area is 80.2 Å². The van der Waals surface area contributed by atoms with Gasteiger partial charge in [0.25, 0.3) is 0 Å². The molecular formula is C9H19ClO2. The molecule has 0 radical (unpaired) electrons. The summed E-state index contributed by atoms with van der Waals surface area (Å²) < 4.78 is 10.2. The number of methoxy groups -OCH3 is 1. The maximum absolute atomic E-state index is 5.60. The SMILES string of the molecule is COCCOCCC(C)CCCl. The first-order valence-corrected chi connectivity index (χ1v) is 4.97. The lowest BCUT2D eigenvalue weighted by Crippen LogP contribution is -2.06. The largest absolute Gasteiger partial charge is 0.382 e. The van der Waals surface area contributed by atoms with E-state index in [1.807, 2.05) is 0 Å². The monoisotopic (exact) mass is 194 g/mol. The normalized spacial score (nSPS) is 13.2. The Balaban J connectivity index is 2.97. The van der Waals surface area contributed by atoms with Crippen molar-refractivity contribution in [3.05, 3.63) is 0 Å². The second kappa shape index (κ2) is 9.30. The molecule has 0 saturated carbocycles. The van der Waals surface area contributed by atoms with E-state index in [0.29, 0.717) is 19.1 Å². The smallest absolute Gasteiger partial charge is 0.0700 e. The van der Waals surface area contributed by atoms with Crippen molar-refractivity contribution in [2.24, 2.45) is 5.92 Å². The summed E-state index contributed by atoms with van der Waals surface area (Å²) in [6.45, 7) is 4.40. The molecule has 0 spiro atoms. The molecule has 0 saturated heterocycles. The first-order valence-electron chi connectivity index (χ1n) is 4.44. The highest BCUT2D eigenvalue weighted by Crippen LogP contribution is 2.07. The van der Waals surface area contributed by atoms with Crippen molar-refractivity contribution in [3.8, 4) is 0 Å². The van der Waals surface area contributed by atoms with Gasteiger partial charge in [-0.1, -0.05) is 6.92 Å². The van der Waals surface area contributed by atoms with Crippen LogP contribution in [0, 0.1) is 5.92 Å². The Bertz CT molecular complexity index is 88.6. The average Bonchev–Trinajstić information content (AvgIpc) is 2.05. The molecule has 1 unspecified atom stereocenters. The summed E-state index contributed by atoms with van der Waals surface area (Å²) in [6.07, 6.45) is 2.17. The molecule has 0 amide bonds. The van der Waals surface area contributed by atoms with Crippen LogP contribution in [0.5, 0.6) is 0 Å². The van der Waals surface area contributed by atoms with Crippen LogP contribution < -0.4 is 0 Å². The number of rotatable bonds is 8. The molecule has 0 bridgehead atoms. The van der Waals surface area contributed by atoms with Gasteiger partial charge in [0.2, 0.25) is 0 Å². The fraction of sp³-hybridized carbons (Fsp3) is 1.00. The van der Waals surface area contributed by atoms with E-state index in [2.05, 4.69) is 6.92 Å². The third kappa shape index (κ3) is 8.31. The van der Waals surface area contributed by atoms with Crippen LogP contribution in [-0.4, -0.2) is 32.8 Å². The van der Waals surface area contributed by atoms with Gasteiger partial charge in [-0.05, 0) is 18.8 Å². The van der Waals surface area contributed by atoms with E-state index < -0.39 is 0 Å². The van der Waals surface area contributed by atoms with Crippen molar-refractivity contribution < 1.29 is 9.47 Å². The molecule has 1 atom stereocenters. The van der Waals surface area contributed by atoms with Crippen LogP contribution in [0.3, 0.4) is 0 Å². The lowest BCUT2D eigenvalue weighted by molar-refractivity contribution is 0.0644. The minimum atomic E-state index is 0.671. The van der Waals surface area contributed by atoms with Gasteiger partial charge in [-0.15, -0.1) is 11.6 Å². The molecule has 0 aromatic heterocycles. The lowest BCUT2D eigenvalue weighted by Gasteiger charge is -2.09. The second-order valence-electron chi connectivity index (χ2n) is 2.98. The van der Waals surface area contributed by atoms with E-state index >= 15 is 0 Å². The summed E-state index contributed by atoms with van der Waals surface area (Å²) in [5.74, 6) is 1.42. The van der Waals surface area contributed by atoms with Crippen LogP contribution in [0.25, 0.3) is 0 Å². The quantitative estimate of drug-likeness (QED) is 0.436. The predicted molar refractivity (Wildman–Crippen MR) is 51.8 cm³/mol. The zero-order chi connectivity index (χ0) is 9.23. The van der Waals surface area contributed by atoms with Crippen LogP contribution in [0.4, 0.5) is 0 Å². The van der Waals surface area contributed by atoms with Gasteiger partial charge in [0.05, 0.1) is 13.2 Å². The maximum atomic E-state index is 5.60. The first kappa shape index (κ1) is 12.2. The van der Waals surface area contributed by atoms with Gasteiger partial charge in [0.1, 0.15) is 0 Å². The van der Waals surface area contributed by atoms with Gasteiger partial charge in [-0.2, -0.15) is 0 Å². The van der Waals surface area contributed by atoms with Crippen LogP contribution >= 0.6 is 11.6 Å². The minimum absolute atomic E-state index is 0.671. The topological polar surface area (TPSA) is 18.5 Å². The van der Waals surface area contributed by atoms with E-state index in [0.717, 1.165) is 25.3 Å². The van der Waals surface area contributed by atoms with Crippen LogP contribution in [-0.2, 0) is 9.47 Å². The van der Waals surface area contributed by atoms with Crippen LogP contribution in [0.2, 0.25) is 0 Å². The van der Waals surface area contributed by atoms with Crippen LogP contribution in [0.15, 0.2) is 0 Å². The number of halogens is 1. The summed E-state index contributed by atoms with van der Waals surface area (Å²) in [6, 6.07) is 0. The summed E-state index contributed by atoms with van der Waals surface area (Å²) in [5.41, 5.74) is 0. The fourth-order valence-corrected chi connectivity index (χ4v) is 1.23. The third-order valence-electron chi connectivity index (χ3n) is 1.79. The molecule has 0 fully saturated rings. The van der Waals surface area contributed by atoms with E-state index in [9.17, 15) is 0 Å². The zero-order valence-corrected chi connectivity index (χ0v) is 8.77. The summed E-state index contributed by atoms with van der Waals surface area (Å²) >= 11 is 5.60. The van der Waals surface area contributed by atoms with E-state index in [-0.39, 0.29) is 0 Å². The average molecular weight is 195 g/mol. The van der Waals surface area contributed by atoms with Gasteiger partial charge in [0.15, 0.2) is 0 Å². The van der Waals surface area contributed by atoms with Crippen LogP contribution in [0.1, 0.15) is 19.8 Å². The second-order valence-corrected chi connectivity index (χ2v) is 3.35. The van der Waals surface area contributed by atoms with Crippen molar-refractivity contribution >= 4 is 11.6 Å². The van der Waals surface area contributed by atoms with Gasteiger partial charge >= 0.3 is 0 Å². The molecule has 0 aliphatic rings. The molecule has 3 heteroatoms. The highest BCUT2D eigenvalue weighted by Gasteiger charge is 2.00. The first-order chi connectivity index (χ1) is 5.81. The van der Waals surface area contributed by atoms with Crippen molar-refractivity contribution in [2.75, 3.05) is 32.8 Å². The molecule has 0 rings (SSSR count). The molecule has 0 aliphatic heterocycles. The molecule has 0 aromatic carbocycles. The Kier molecular flexibility index (Phi) is 9.46. The van der Waals surface area contributed by atoms with Gasteiger partial charge in [-0.3, -0.25) is 0 Å². The third-order valence-corrected chi connectivity index (χ3v) is 2.01. The lowest BCUT2D eigenvalue weighted by atomic mass is 10.1. The molecule has 0 N–H and O–H groups in total. The highest BCUT2D eigenvalue weighted by atomic mass is 35.5. The van der Waals surface area contributed by atoms with Gasteiger partial charge in [0, 0.05) is 19.6 Å². The molecule has 2 nitrogen and oxygen atoms in total. The summed E-state index contributed by atoms with van der Waals surface area (Å²) in [5, 5.41) is 0. The van der Waals surface area contributed by atoms with Gasteiger partial charge < -0.3 is 9.47 Å². The highest BCUT2D eigenvalue weighted by molar-refractivity contribution is 6.17. The number of ether oxygens (including phenoxy) is 2. The van der Waals surface area contributed by atoms with E-state index in [4.69, 9.17) is 21.1 Å². The van der Waals surface area contributed by atoms with Gasteiger partial charge in [-0.25, -0.2) is 0 Å². The minimum Gasteiger partial charge on any atom is -0.382 e. The molecule has 12 heavy (non-hydrogen) atoms. The Morgan fingerprint density at radius 2 is 1.92 bits per heavy atom. The van der Waals surface area contributed by atoms with Crippen molar-refractivity contribution in [1.29, 1.82) is 0 Å². The standard InChI is InChI=1S/C9H19ClO2/c1-9(3-5-10)4-6-12-8-7-11-2/h9H,3-8H2,1-2H3. The van der Waals surface area contributed by atoms with Crippen molar-refractivity contribution in [1.82, 2.24) is 0 Å². The maximum Gasteiger partial charge on any atom is 0.0700 e. The summed E-state index contributed by atoms with van der Waals surface area (Å²) in [4.78, 5) is 0. The molecule has 74 valence electrons. The molecule has 0 heterocycles. The molecule has 0 aromatic rings. The van der Waals surface area contributed by atoms with E-state index in [1.165, 1.54) is 0 Å². The number of hydrogen-bond acceptors (Lipinski definition) is 2. The summed E-state index contributed by atoms with van der Waals surface area (Å²) in [7, 11) is 1.68. The van der Waals surface area contributed by atoms with Crippen molar-refractivity contribution in [2.45, 2.75) is 19.8 Å². The number of alkyl halides is 1. The molecular weight excluding hydrogens is 176 g/mol. The molecule has 0 aliphatic carbocycles. The zero-order valence-electron chi connectivity index (χ0n) is 8.01. The Hall–Kier alpha value is 0.210. The van der Waals surface area contributed by atoms with Crippen molar-refractivity contribution in [3.63, 3.8) is 0 Å².